The van der Waals surface area contributed by atoms with Crippen LogP contribution in [0.1, 0.15) is 25.7 Å². The Morgan fingerprint density at radius 3 is 2.78 bits per heavy atom. The van der Waals surface area contributed by atoms with Crippen molar-refractivity contribution < 1.29 is 9.66 Å². The number of rotatable bonds is 4. The van der Waals surface area contributed by atoms with Gasteiger partial charge in [-0.1, -0.05) is 25.0 Å². The van der Waals surface area contributed by atoms with Gasteiger partial charge in [0.25, 0.3) is 5.69 Å². The van der Waals surface area contributed by atoms with Gasteiger partial charge in [-0.2, -0.15) is 0 Å². The van der Waals surface area contributed by atoms with Gasteiger partial charge in [-0.25, -0.2) is 0 Å². The van der Waals surface area contributed by atoms with Gasteiger partial charge in [0.15, 0.2) is 0 Å². The molecule has 0 saturated heterocycles. The van der Waals surface area contributed by atoms with Crippen LogP contribution in [-0.2, 0) is 4.74 Å². The molecule has 5 heteroatoms. The largest absolute Gasteiger partial charge is 0.379 e. The Morgan fingerprint density at radius 1 is 1.33 bits per heavy atom. The van der Waals surface area contributed by atoms with E-state index in [1.54, 1.807) is 25.3 Å². The number of nitrogens with zero attached hydrogens (tertiary/aromatic N) is 1. The molecule has 1 saturated carbocycles. The molecule has 2 unspecified atom stereocenters. The van der Waals surface area contributed by atoms with Crippen LogP contribution < -0.4 is 5.32 Å². The Hall–Kier alpha value is -1.62. The lowest BCUT2D eigenvalue weighted by Gasteiger charge is -2.31. The highest BCUT2D eigenvalue weighted by Crippen LogP contribution is 2.29. The van der Waals surface area contributed by atoms with Crippen LogP contribution in [-0.4, -0.2) is 24.2 Å². The number of benzene rings is 1. The molecule has 0 aromatic heterocycles. The van der Waals surface area contributed by atoms with Crippen molar-refractivity contribution >= 4 is 11.4 Å². The van der Waals surface area contributed by atoms with Gasteiger partial charge in [-0.05, 0) is 18.9 Å². The van der Waals surface area contributed by atoms with Crippen LogP contribution in [0.15, 0.2) is 24.3 Å². The number of nitro groups is 1. The number of methoxy groups -OCH3 is 1. The number of anilines is 1. The predicted molar refractivity (Wildman–Crippen MR) is 69.8 cm³/mol. The summed E-state index contributed by atoms with van der Waals surface area (Å²) in [6.07, 6.45) is 4.43. The van der Waals surface area contributed by atoms with Gasteiger partial charge in [-0.3, -0.25) is 10.1 Å². The molecule has 1 N–H and O–H groups in total. The normalized spacial score (nSPS) is 23.6. The summed E-state index contributed by atoms with van der Waals surface area (Å²) in [6, 6.07) is 6.91. The number of nitro benzene ring substituents is 1. The van der Waals surface area contributed by atoms with Crippen LogP contribution in [0.25, 0.3) is 0 Å². The van der Waals surface area contributed by atoms with E-state index in [9.17, 15) is 10.1 Å². The summed E-state index contributed by atoms with van der Waals surface area (Å²) in [6.45, 7) is 0. The van der Waals surface area contributed by atoms with Crippen molar-refractivity contribution in [3.05, 3.63) is 34.4 Å². The van der Waals surface area contributed by atoms with Crippen LogP contribution in [0, 0.1) is 10.1 Å². The van der Waals surface area contributed by atoms with E-state index in [-0.39, 0.29) is 22.8 Å². The first kappa shape index (κ1) is 12.8. The van der Waals surface area contributed by atoms with Gasteiger partial charge in [0, 0.05) is 13.2 Å². The molecule has 5 nitrogen and oxygen atoms in total. The maximum absolute atomic E-state index is 10.9. The molecule has 18 heavy (non-hydrogen) atoms. The zero-order valence-electron chi connectivity index (χ0n) is 10.5. The van der Waals surface area contributed by atoms with Crippen LogP contribution in [0.5, 0.6) is 0 Å². The smallest absolute Gasteiger partial charge is 0.292 e. The van der Waals surface area contributed by atoms with Crippen molar-refractivity contribution in [3.8, 4) is 0 Å². The summed E-state index contributed by atoms with van der Waals surface area (Å²) in [5.74, 6) is 0. The van der Waals surface area contributed by atoms with E-state index in [0.29, 0.717) is 5.69 Å². The lowest BCUT2D eigenvalue weighted by Crippen LogP contribution is -2.37. The zero-order chi connectivity index (χ0) is 13.0. The minimum atomic E-state index is -0.354. The van der Waals surface area contributed by atoms with Crippen molar-refractivity contribution in [1.29, 1.82) is 0 Å². The van der Waals surface area contributed by atoms with E-state index in [1.165, 1.54) is 6.07 Å². The van der Waals surface area contributed by atoms with Gasteiger partial charge in [0.1, 0.15) is 5.69 Å². The monoisotopic (exact) mass is 250 g/mol. The summed E-state index contributed by atoms with van der Waals surface area (Å²) in [5, 5.41) is 14.2. The third-order valence-corrected chi connectivity index (χ3v) is 3.45. The molecule has 0 radical (unpaired) electrons. The van der Waals surface area contributed by atoms with Gasteiger partial charge in [-0.15, -0.1) is 0 Å². The Labute approximate surface area is 106 Å². The molecule has 2 atom stereocenters. The summed E-state index contributed by atoms with van der Waals surface area (Å²) in [5.41, 5.74) is 0.703. The number of para-hydroxylation sites is 2. The second kappa shape index (κ2) is 5.82. The second-order valence-electron chi connectivity index (χ2n) is 4.58. The molecule has 1 aromatic rings. The van der Waals surface area contributed by atoms with Crippen LogP contribution >= 0.6 is 0 Å². The summed E-state index contributed by atoms with van der Waals surface area (Å²) in [4.78, 5) is 10.6. The third-order valence-electron chi connectivity index (χ3n) is 3.45. The number of hydrogen-bond donors (Lipinski definition) is 1. The average molecular weight is 250 g/mol. The van der Waals surface area contributed by atoms with Gasteiger partial charge < -0.3 is 10.1 Å². The molecule has 0 heterocycles. The van der Waals surface area contributed by atoms with Crippen LogP contribution in [0.2, 0.25) is 0 Å². The molecule has 0 amide bonds. The minimum absolute atomic E-state index is 0.123. The fourth-order valence-corrected chi connectivity index (χ4v) is 2.50. The molecule has 1 aromatic carbocycles. The highest BCUT2D eigenvalue weighted by molar-refractivity contribution is 5.61. The molecule has 0 spiro atoms. The molecule has 0 aliphatic heterocycles. The fraction of sp³-hybridized carbons (Fsp3) is 0.538. The van der Waals surface area contributed by atoms with Crippen molar-refractivity contribution in [2.75, 3.05) is 12.4 Å². The third kappa shape index (κ3) is 2.79. The lowest BCUT2D eigenvalue weighted by atomic mass is 9.92. The molecule has 1 fully saturated rings. The van der Waals surface area contributed by atoms with Crippen LogP contribution in [0.4, 0.5) is 11.4 Å². The lowest BCUT2D eigenvalue weighted by molar-refractivity contribution is -0.384. The van der Waals surface area contributed by atoms with E-state index in [1.807, 2.05) is 0 Å². The zero-order valence-corrected chi connectivity index (χ0v) is 10.5. The first-order valence-corrected chi connectivity index (χ1v) is 6.25. The molecule has 1 aliphatic carbocycles. The quantitative estimate of drug-likeness (QED) is 0.659. The second-order valence-corrected chi connectivity index (χ2v) is 4.58. The molecular weight excluding hydrogens is 232 g/mol. The summed E-state index contributed by atoms with van der Waals surface area (Å²) >= 11 is 0. The van der Waals surface area contributed by atoms with E-state index in [2.05, 4.69) is 5.32 Å². The standard InChI is InChI=1S/C13H18N2O3/c1-18-13-9-5-3-7-11(13)14-10-6-2-4-8-12(10)15(16)17/h2,4,6,8,11,13-14H,3,5,7,9H2,1H3. The number of hydrogen-bond acceptors (Lipinski definition) is 4. The Balaban J connectivity index is 2.15. The minimum Gasteiger partial charge on any atom is -0.379 e. The summed E-state index contributed by atoms with van der Waals surface area (Å²) in [7, 11) is 1.70. The summed E-state index contributed by atoms with van der Waals surface area (Å²) < 4.78 is 5.44. The maximum atomic E-state index is 10.9. The Bertz CT molecular complexity index is 422. The van der Waals surface area contributed by atoms with Gasteiger partial charge in [0.05, 0.1) is 17.1 Å². The first-order valence-electron chi connectivity index (χ1n) is 6.25. The molecule has 98 valence electrons. The highest BCUT2D eigenvalue weighted by atomic mass is 16.6. The highest BCUT2D eigenvalue weighted by Gasteiger charge is 2.26. The van der Waals surface area contributed by atoms with Crippen molar-refractivity contribution in [2.24, 2.45) is 0 Å². The Morgan fingerprint density at radius 2 is 2.06 bits per heavy atom. The Kier molecular flexibility index (Phi) is 4.15. The molecule has 1 aliphatic rings. The molecule has 2 rings (SSSR count). The van der Waals surface area contributed by atoms with Crippen molar-refractivity contribution in [2.45, 2.75) is 37.8 Å². The maximum Gasteiger partial charge on any atom is 0.292 e. The molecule has 0 bridgehead atoms. The predicted octanol–water partition coefficient (Wildman–Crippen LogP) is 2.96. The SMILES string of the molecule is COC1CCCCC1Nc1ccccc1[N+](=O)[O-]. The van der Waals surface area contributed by atoms with E-state index in [4.69, 9.17) is 4.74 Å². The van der Waals surface area contributed by atoms with Crippen LogP contribution in [0.3, 0.4) is 0 Å². The average Bonchev–Trinajstić information content (AvgIpc) is 2.40. The van der Waals surface area contributed by atoms with E-state index < -0.39 is 0 Å². The number of nitrogens with one attached hydrogen (secondary N) is 1. The topological polar surface area (TPSA) is 64.4 Å². The van der Waals surface area contributed by atoms with Crippen molar-refractivity contribution in [1.82, 2.24) is 0 Å². The van der Waals surface area contributed by atoms with E-state index >= 15 is 0 Å². The number of ether oxygens (including phenoxy) is 1. The van der Waals surface area contributed by atoms with E-state index in [0.717, 1.165) is 25.7 Å². The van der Waals surface area contributed by atoms with Crippen molar-refractivity contribution in [3.63, 3.8) is 0 Å². The fourth-order valence-electron chi connectivity index (χ4n) is 2.50. The molecular formula is C13H18N2O3. The van der Waals surface area contributed by atoms with Gasteiger partial charge >= 0.3 is 0 Å². The van der Waals surface area contributed by atoms with Gasteiger partial charge in [0.2, 0.25) is 0 Å². The first-order chi connectivity index (χ1) is 8.72.